The van der Waals surface area contributed by atoms with Crippen LogP contribution in [-0.4, -0.2) is 20.1 Å². The first-order chi connectivity index (χ1) is 16.2. The molecule has 1 aliphatic heterocycles. The molecule has 1 unspecified atom stereocenters. The fraction of sp³-hybridized carbons (Fsp3) is 0.138. The Morgan fingerprint density at radius 2 is 1.33 bits per heavy atom. The molecule has 1 amide bonds. The number of nitrogens with zero attached hydrogens (tertiary/aromatic N) is 1. The number of rotatable bonds is 6. The van der Waals surface area contributed by atoms with Crippen LogP contribution in [0.2, 0.25) is 0 Å². The predicted octanol–water partition coefficient (Wildman–Crippen LogP) is 5.59. The third-order valence-corrected chi connectivity index (χ3v) is 6.38. The van der Waals surface area contributed by atoms with Crippen molar-refractivity contribution in [1.29, 1.82) is 0 Å². The molecule has 0 saturated heterocycles. The van der Waals surface area contributed by atoms with Crippen LogP contribution in [0.5, 0.6) is 11.5 Å². The van der Waals surface area contributed by atoms with E-state index in [1.54, 1.807) is 14.2 Å². The molecule has 164 valence electrons. The van der Waals surface area contributed by atoms with E-state index in [2.05, 4.69) is 6.07 Å². The van der Waals surface area contributed by atoms with Crippen molar-refractivity contribution < 1.29 is 14.3 Å². The number of anilines is 1. The summed E-state index contributed by atoms with van der Waals surface area (Å²) in [7, 11) is 3.29. The van der Waals surface area contributed by atoms with Gasteiger partial charge in [-0.2, -0.15) is 0 Å². The minimum absolute atomic E-state index is 0.00206. The predicted molar refractivity (Wildman–Crippen MR) is 130 cm³/mol. The summed E-state index contributed by atoms with van der Waals surface area (Å²) < 4.78 is 11.2. The highest BCUT2D eigenvalue weighted by Crippen LogP contribution is 2.53. The maximum Gasteiger partial charge on any atom is 0.247 e. The lowest BCUT2D eigenvalue weighted by Crippen LogP contribution is -2.42. The molecule has 0 aromatic heterocycles. The molecule has 1 aliphatic rings. The summed E-state index contributed by atoms with van der Waals surface area (Å²) in [4.78, 5) is 16.4. The fourth-order valence-corrected chi connectivity index (χ4v) is 4.87. The number of methoxy groups -OCH3 is 2. The monoisotopic (exact) mass is 435 g/mol. The first kappa shape index (κ1) is 20.8. The van der Waals surface area contributed by atoms with Crippen molar-refractivity contribution in [1.82, 2.24) is 0 Å². The minimum atomic E-state index is -1.04. The average molecular weight is 436 g/mol. The van der Waals surface area contributed by atoms with Gasteiger partial charge in [0.1, 0.15) is 16.9 Å². The Hall–Kier alpha value is -4.05. The summed E-state index contributed by atoms with van der Waals surface area (Å²) in [6, 6.07) is 33.7. The van der Waals surface area contributed by atoms with E-state index in [0.717, 1.165) is 33.7 Å². The van der Waals surface area contributed by atoms with Crippen LogP contribution >= 0.6 is 0 Å². The molecule has 4 aromatic carbocycles. The van der Waals surface area contributed by atoms with Crippen molar-refractivity contribution in [2.24, 2.45) is 0 Å². The largest absolute Gasteiger partial charge is 0.497 e. The van der Waals surface area contributed by atoms with Gasteiger partial charge in [-0.15, -0.1) is 0 Å². The highest BCUT2D eigenvalue weighted by molar-refractivity contribution is 6.13. The molecule has 0 saturated carbocycles. The number of carbonyl (C=O) groups is 1. The number of para-hydroxylation sites is 2. The second-order valence-corrected chi connectivity index (χ2v) is 8.07. The zero-order valence-corrected chi connectivity index (χ0v) is 18.7. The molecule has 0 spiro atoms. The second-order valence-electron chi connectivity index (χ2n) is 8.07. The highest BCUT2D eigenvalue weighted by Gasteiger charge is 2.54. The zero-order chi connectivity index (χ0) is 22.8. The Labute approximate surface area is 194 Å². The Morgan fingerprint density at radius 3 is 2.03 bits per heavy atom. The molecule has 5 rings (SSSR count). The zero-order valence-electron chi connectivity index (χ0n) is 18.7. The summed E-state index contributed by atoms with van der Waals surface area (Å²) in [6.07, 6.45) is 0. The van der Waals surface area contributed by atoms with Gasteiger partial charge < -0.3 is 14.4 Å². The van der Waals surface area contributed by atoms with E-state index in [-0.39, 0.29) is 5.91 Å². The Balaban J connectivity index is 1.79. The van der Waals surface area contributed by atoms with Crippen LogP contribution in [0.15, 0.2) is 103 Å². The normalized spacial score (nSPS) is 17.0. The first-order valence-electron chi connectivity index (χ1n) is 10.9. The molecule has 0 radical (unpaired) electrons. The van der Waals surface area contributed by atoms with Gasteiger partial charge >= 0.3 is 0 Å². The standard InChI is InChI=1S/C29H25NO3/c1-32-23-18-16-22(17-19-23)29(25-13-7-9-15-27(25)33-2)24-12-6-8-14-26(24)30(28(29)31)20-21-10-4-3-5-11-21/h3-19H,20H2,1-2H3. The molecular weight excluding hydrogens is 410 g/mol. The van der Waals surface area contributed by atoms with Crippen molar-refractivity contribution in [3.8, 4) is 11.5 Å². The smallest absolute Gasteiger partial charge is 0.247 e. The maximum absolute atomic E-state index is 14.6. The van der Waals surface area contributed by atoms with Crippen molar-refractivity contribution in [2.75, 3.05) is 19.1 Å². The summed E-state index contributed by atoms with van der Waals surface area (Å²) in [5, 5.41) is 0. The van der Waals surface area contributed by atoms with Crippen LogP contribution in [0.3, 0.4) is 0 Å². The number of ether oxygens (including phenoxy) is 2. The molecular formula is C29H25NO3. The lowest BCUT2D eigenvalue weighted by atomic mass is 9.70. The molecule has 33 heavy (non-hydrogen) atoms. The van der Waals surface area contributed by atoms with E-state index >= 15 is 0 Å². The van der Waals surface area contributed by atoms with Gasteiger partial charge in [0.05, 0.1) is 20.8 Å². The van der Waals surface area contributed by atoms with Gasteiger partial charge in [-0.1, -0.05) is 78.9 Å². The third-order valence-electron chi connectivity index (χ3n) is 6.38. The van der Waals surface area contributed by atoms with Gasteiger partial charge in [-0.05, 0) is 35.4 Å². The van der Waals surface area contributed by atoms with Gasteiger partial charge in [-0.25, -0.2) is 0 Å². The second kappa shape index (κ2) is 8.47. The fourth-order valence-electron chi connectivity index (χ4n) is 4.87. The van der Waals surface area contributed by atoms with Crippen LogP contribution in [0.25, 0.3) is 0 Å². The number of hydrogen-bond acceptors (Lipinski definition) is 3. The number of amides is 1. The summed E-state index contributed by atoms with van der Waals surface area (Å²) in [6.45, 7) is 0.490. The van der Waals surface area contributed by atoms with Crippen LogP contribution in [-0.2, 0) is 16.8 Å². The molecule has 4 aromatic rings. The molecule has 0 aliphatic carbocycles. The van der Waals surface area contributed by atoms with Crippen LogP contribution < -0.4 is 14.4 Å². The van der Waals surface area contributed by atoms with Crippen molar-refractivity contribution in [3.05, 3.63) is 125 Å². The van der Waals surface area contributed by atoms with Crippen LogP contribution in [0.1, 0.15) is 22.3 Å². The molecule has 1 atom stereocenters. The quantitative estimate of drug-likeness (QED) is 0.397. The minimum Gasteiger partial charge on any atom is -0.497 e. The summed E-state index contributed by atoms with van der Waals surface area (Å²) in [5.74, 6) is 1.43. The van der Waals surface area contributed by atoms with E-state index in [9.17, 15) is 4.79 Å². The third kappa shape index (κ3) is 3.26. The van der Waals surface area contributed by atoms with E-state index in [0.29, 0.717) is 12.3 Å². The molecule has 4 nitrogen and oxygen atoms in total. The lowest BCUT2D eigenvalue weighted by Gasteiger charge is -2.31. The van der Waals surface area contributed by atoms with Gasteiger partial charge in [0, 0.05) is 16.8 Å². The number of carbonyl (C=O) groups excluding carboxylic acids is 1. The van der Waals surface area contributed by atoms with E-state index in [4.69, 9.17) is 9.47 Å². The van der Waals surface area contributed by atoms with Gasteiger partial charge in [0.25, 0.3) is 0 Å². The van der Waals surface area contributed by atoms with Crippen LogP contribution in [0, 0.1) is 0 Å². The highest BCUT2D eigenvalue weighted by atomic mass is 16.5. The molecule has 0 N–H and O–H groups in total. The van der Waals surface area contributed by atoms with E-state index in [1.807, 2.05) is 102 Å². The van der Waals surface area contributed by atoms with Crippen molar-refractivity contribution >= 4 is 11.6 Å². The van der Waals surface area contributed by atoms with E-state index in [1.165, 1.54) is 0 Å². The summed E-state index contributed by atoms with van der Waals surface area (Å²) >= 11 is 0. The Kier molecular flexibility index (Phi) is 5.35. The summed E-state index contributed by atoms with van der Waals surface area (Å²) in [5.41, 5.74) is 3.59. The first-order valence-corrected chi connectivity index (χ1v) is 10.9. The number of benzene rings is 4. The molecule has 1 heterocycles. The van der Waals surface area contributed by atoms with E-state index < -0.39 is 5.41 Å². The molecule has 4 heteroatoms. The number of hydrogen-bond donors (Lipinski definition) is 0. The molecule has 0 fully saturated rings. The topological polar surface area (TPSA) is 38.8 Å². The maximum atomic E-state index is 14.6. The SMILES string of the molecule is COc1ccc(C2(c3ccccc3OC)C(=O)N(Cc3ccccc3)c3ccccc32)cc1. The van der Waals surface area contributed by atoms with Crippen molar-refractivity contribution in [3.63, 3.8) is 0 Å². The van der Waals surface area contributed by atoms with Gasteiger partial charge in [-0.3, -0.25) is 4.79 Å². The molecule has 0 bridgehead atoms. The average Bonchev–Trinajstić information content (AvgIpc) is 3.13. The Morgan fingerprint density at radius 1 is 0.697 bits per heavy atom. The van der Waals surface area contributed by atoms with Gasteiger partial charge in [0.15, 0.2) is 0 Å². The van der Waals surface area contributed by atoms with Crippen molar-refractivity contribution in [2.45, 2.75) is 12.0 Å². The Bertz CT molecular complexity index is 1280. The van der Waals surface area contributed by atoms with Gasteiger partial charge in [0.2, 0.25) is 5.91 Å². The van der Waals surface area contributed by atoms with Crippen LogP contribution in [0.4, 0.5) is 5.69 Å². The lowest BCUT2D eigenvalue weighted by molar-refractivity contribution is -0.120. The number of fused-ring (bicyclic) bond motifs is 1.